The number of hydrogen-bond acceptors (Lipinski definition) is 7. The van der Waals surface area contributed by atoms with Crippen LogP contribution in [0.3, 0.4) is 0 Å². The molecule has 0 aromatic heterocycles. The van der Waals surface area contributed by atoms with Crippen molar-refractivity contribution in [2.24, 2.45) is 0 Å². The lowest BCUT2D eigenvalue weighted by Crippen LogP contribution is -2.32. The first kappa shape index (κ1) is 21.8. The molecule has 0 unspecified atom stereocenters. The summed E-state index contributed by atoms with van der Waals surface area (Å²) in [6.45, 7) is 3.73. The van der Waals surface area contributed by atoms with Crippen LogP contribution in [0.2, 0.25) is 0 Å². The van der Waals surface area contributed by atoms with Crippen LogP contribution < -0.4 is 24.3 Å². The van der Waals surface area contributed by atoms with Gasteiger partial charge in [-0.25, -0.2) is 0 Å². The number of amides is 2. The van der Waals surface area contributed by atoms with Crippen LogP contribution in [0.25, 0.3) is 5.57 Å². The van der Waals surface area contributed by atoms with Crippen LogP contribution in [0.15, 0.2) is 54.8 Å². The number of nitrogens with one attached hydrogen (secondary N) is 1. The number of imide groups is 1. The van der Waals surface area contributed by atoms with Gasteiger partial charge in [-0.3, -0.25) is 14.5 Å². The fraction of sp³-hybridized carbons (Fsp3) is 0.217. The molecule has 0 spiro atoms. The van der Waals surface area contributed by atoms with E-state index in [0.29, 0.717) is 34.2 Å². The van der Waals surface area contributed by atoms with E-state index in [1.807, 2.05) is 0 Å². The number of benzene rings is 2. The average molecular weight is 424 g/mol. The Kier molecular flexibility index (Phi) is 6.49. The second-order valence-electron chi connectivity index (χ2n) is 6.52. The van der Waals surface area contributed by atoms with Crippen molar-refractivity contribution in [3.63, 3.8) is 0 Å². The minimum atomic E-state index is -0.454. The molecule has 1 aliphatic rings. The van der Waals surface area contributed by atoms with Gasteiger partial charge in [0, 0.05) is 18.3 Å². The van der Waals surface area contributed by atoms with E-state index in [2.05, 4.69) is 11.9 Å². The maximum Gasteiger partial charge on any atom is 0.278 e. The molecular weight excluding hydrogens is 400 g/mol. The third-order valence-corrected chi connectivity index (χ3v) is 4.80. The summed E-state index contributed by atoms with van der Waals surface area (Å²) in [6.07, 6.45) is 1.50. The summed E-state index contributed by atoms with van der Waals surface area (Å²) in [5.74, 6) is 1.11. The molecule has 8 nitrogen and oxygen atoms in total. The molecule has 1 heterocycles. The first-order valence-corrected chi connectivity index (χ1v) is 9.41. The van der Waals surface area contributed by atoms with Crippen molar-refractivity contribution in [3.8, 4) is 23.0 Å². The highest BCUT2D eigenvalue weighted by molar-refractivity contribution is 6.36. The monoisotopic (exact) mass is 424 g/mol. The van der Waals surface area contributed by atoms with Gasteiger partial charge in [-0.2, -0.15) is 0 Å². The van der Waals surface area contributed by atoms with Crippen LogP contribution in [0.1, 0.15) is 5.56 Å². The number of carbonyl (C=O) groups excluding carboxylic acids is 2. The lowest BCUT2D eigenvalue weighted by atomic mass is 10.0. The molecule has 1 aliphatic heterocycles. The molecule has 0 radical (unpaired) electrons. The van der Waals surface area contributed by atoms with Gasteiger partial charge in [-0.1, -0.05) is 12.1 Å². The van der Waals surface area contributed by atoms with Crippen molar-refractivity contribution in [1.29, 1.82) is 0 Å². The molecule has 8 heteroatoms. The van der Waals surface area contributed by atoms with E-state index in [4.69, 9.17) is 18.9 Å². The van der Waals surface area contributed by atoms with E-state index >= 15 is 0 Å². The molecule has 0 atom stereocenters. The van der Waals surface area contributed by atoms with Gasteiger partial charge in [0.2, 0.25) is 0 Å². The van der Waals surface area contributed by atoms with Crippen molar-refractivity contribution in [3.05, 3.63) is 60.3 Å². The van der Waals surface area contributed by atoms with Gasteiger partial charge < -0.3 is 24.3 Å². The standard InChI is InChI=1S/C23H24N2O6/c1-6-11-25-22(26)20(14-7-9-16(28-2)18(12-14)30-4)21(23(25)27)24-15-8-10-17(29-3)19(13-15)31-5/h6-10,12-13,24H,1,11H2,2-5H3. The topological polar surface area (TPSA) is 86.3 Å². The van der Waals surface area contributed by atoms with Gasteiger partial charge >= 0.3 is 0 Å². The molecule has 2 aromatic rings. The van der Waals surface area contributed by atoms with E-state index in [0.717, 1.165) is 4.90 Å². The number of rotatable bonds is 9. The highest BCUT2D eigenvalue weighted by Gasteiger charge is 2.39. The first-order chi connectivity index (χ1) is 15.0. The van der Waals surface area contributed by atoms with Crippen molar-refractivity contribution < 1.29 is 28.5 Å². The van der Waals surface area contributed by atoms with Crippen LogP contribution in [0, 0.1) is 0 Å². The van der Waals surface area contributed by atoms with Gasteiger partial charge in [0.25, 0.3) is 11.8 Å². The average Bonchev–Trinajstić information content (AvgIpc) is 3.02. The van der Waals surface area contributed by atoms with E-state index in [-0.39, 0.29) is 17.8 Å². The molecule has 0 bridgehead atoms. The molecule has 31 heavy (non-hydrogen) atoms. The minimum Gasteiger partial charge on any atom is -0.493 e. The molecule has 2 amide bonds. The summed E-state index contributed by atoms with van der Waals surface area (Å²) in [7, 11) is 6.09. The molecule has 0 aliphatic carbocycles. The van der Waals surface area contributed by atoms with E-state index in [1.165, 1.54) is 34.5 Å². The second kappa shape index (κ2) is 9.25. The van der Waals surface area contributed by atoms with Crippen LogP contribution >= 0.6 is 0 Å². The molecule has 0 saturated heterocycles. The summed E-state index contributed by atoms with van der Waals surface area (Å²) in [5, 5.41) is 3.08. The highest BCUT2D eigenvalue weighted by atomic mass is 16.5. The Labute approximate surface area is 180 Å². The largest absolute Gasteiger partial charge is 0.493 e. The van der Waals surface area contributed by atoms with Gasteiger partial charge in [-0.05, 0) is 29.8 Å². The number of hydrogen-bond donors (Lipinski definition) is 1. The highest BCUT2D eigenvalue weighted by Crippen LogP contribution is 2.37. The zero-order chi connectivity index (χ0) is 22.5. The normalized spacial score (nSPS) is 13.4. The van der Waals surface area contributed by atoms with E-state index < -0.39 is 11.8 Å². The zero-order valence-corrected chi connectivity index (χ0v) is 17.9. The van der Waals surface area contributed by atoms with Gasteiger partial charge in [0.05, 0.1) is 34.0 Å². The molecular formula is C23H24N2O6. The number of ether oxygens (including phenoxy) is 4. The smallest absolute Gasteiger partial charge is 0.278 e. The third-order valence-electron chi connectivity index (χ3n) is 4.80. The molecule has 0 saturated carbocycles. The Morgan fingerprint density at radius 1 is 0.839 bits per heavy atom. The van der Waals surface area contributed by atoms with Crippen molar-refractivity contribution >= 4 is 23.1 Å². The number of anilines is 1. The quantitative estimate of drug-likeness (QED) is 0.489. The molecule has 162 valence electrons. The summed E-state index contributed by atoms with van der Waals surface area (Å²) < 4.78 is 21.2. The number of methoxy groups -OCH3 is 4. The third kappa shape index (κ3) is 4.05. The maximum absolute atomic E-state index is 13.1. The SMILES string of the molecule is C=CCN1C(=O)C(Nc2ccc(OC)c(OC)c2)=C(c2ccc(OC)c(OC)c2)C1=O. The number of carbonyl (C=O) groups is 2. The van der Waals surface area contributed by atoms with E-state index in [9.17, 15) is 9.59 Å². The lowest BCUT2D eigenvalue weighted by Gasteiger charge is -2.13. The molecule has 1 N–H and O–H groups in total. The van der Waals surface area contributed by atoms with Gasteiger partial charge in [-0.15, -0.1) is 6.58 Å². The van der Waals surface area contributed by atoms with Gasteiger partial charge in [0.15, 0.2) is 23.0 Å². The van der Waals surface area contributed by atoms with Crippen LogP contribution in [0.5, 0.6) is 23.0 Å². The molecule has 3 rings (SSSR count). The lowest BCUT2D eigenvalue weighted by molar-refractivity contribution is -0.136. The van der Waals surface area contributed by atoms with Crippen LogP contribution in [0.4, 0.5) is 5.69 Å². The maximum atomic E-state index is 13.1. The fourth-order valence-electron chi connectivity index (χ4n) is 3.30. The summed E-state index contributed by atoms with van der Waals surface area (Å²) in [4.78, 5) is 27.3. The van der Waals surface area contributed by atoms with E-state index in [1.54, 1.807) is 36.4 Å². The Morgan fingerprint density at radius 2 is 1.42 bits per heavy atom. The summed E-state index contributed by atoms with van der Waals surface area (Å²) in [5.41, 5.74) is 1.45. The fourth-order valence-corrected chi connectivity index (χ4v) is 3.30. The molecule has 0 fully saturated rings. The predicted molar refractivity (Wildman–Crippen MR) is 117 cm³/mol. The Hall–Kier alpha value is -3.94. The van der Waals surface area contributed by atoms with Crippen molar-refractivity contribution in [2.45, 2.75) is 0 Å². The van der Waals surface area contributed by atoms with Crippen molar-refractivity contribution in [2.75, 3.05) is 40.3 Å². The zero-order valence-electron chi connectivity index (χ0n) is 17.9. The van der Waals surface area contributed by atoms with Crippen LogP contribution in [-0.4, -0.2) is 51.7 Å². The Balaban J connectivity index is 2.11. The summed E-state index contributed by atoms with van der Waals surface area (Å²) in [6, 6.07) is 10.2. The Bertz CT molecular complexity index is 1060. The summed E-state index contributed by atoms with van der Waals surface area (Å²) >= 11 is 0. The molecule has 2 aromatic carbocycles. The van der Waals surface area contributed by atoms with Crippen molar-refractivity contribution in [1.82, 2.24) is 4.90 Å². The van der Waals surface area contributed by atoms with Crippen LogP contribution in [-0.2, 0) is 9.59 Å². The number of nitrogens with zero attached hydrogens (tertiary/aromatic N) is 1. The minimum absolute atomic E-state index is 0.0889. The Morgan fingerprint density at radius 3 is 2.00 bits per heavy atom. The van der Waals surface area contributed by atoms with Gasteiger partial charge in [0.1, 0.15) is 5.70 Å². The second-order valence-corrected chi connectivity index (χ2v) is 6.52. The first-order valence-electron chi connectivity index (χ1n) is 9.41. The predicted octanol–water partition coefficient (Wildman–Crippen LogP) is 3.10.